The monoisotopic (exact) mass is 254 g/mol. The summed E-state index contributed by atoms with van der Waals surface area (Å²) in [4.78, 5) is 14.5. The molecule has 0 bridgehead atoms. The standard InChI is InChI=1S/C11H11ClN2OS/c1-7-2-9(5-13)11(16-7)14-6-8(4-12)3-10(14)15/h2,8H,3-4,6H2,1H3. The predicted octanol–water partition coefficient (Wildman–Crippen LogP) is 2.52. The van der Waals surface area contributed by atoms with Crippen LogP contribution < -0.4 is 4.90 Å². The largest absolute Gasteiger partial charge is 0.302 e. The van der Waals surface area contributed by atoms with E-state index in [1.54, 1.807) is 4.90 Å². The van der Waals surface area contributed by atoms with E-state index < -0.39 is 0 Å². The summed E-state index contributed by atoms with van der Waals surface area (Å²) in [5, 5.41) is 9.77. The fourth-order valence-corrected chi connectivity index (χ4v) is 3.05. The molecule has 2 heterocycles. The third-order valence-corrected chi connectivity index (χ3v) is 4.13. The lowest BCUT2D eigenvalue weighted by Crippen LogP contribution is -2.24. The lowest BCUT2D eigenvalue weighted by molar-refractivity contribution is -0.117. The van der Waals surface area contributed by atoms with Crippen molar-refractivity contribution >= 4 is 33.8 Å². The first-order valence-corrected chi connectivity index (χ1v) is 6.37. The Hall–Kier alpha value is -1.05. The molecule has 0 aromatic carbocycles. The highest BCUT2D eigenvalue weighted by Gasteiger charge is 2.32. The molecule has 1 fully saturated rings. The average molecular weight is 255 g/mol. The van der Waals surface area contributed by atoms with Crippen molar-refractivity contribution < 1.29 is 4.79 Å². The van der Waals surface area contributed by atoms with E-state index in [0.717, 1.165) is 9.88 Å². The van der Waals surface area contributed by atoms with Crippen molar-refractivity contribution in [2.75, 3.05) is 17.3 Å². The number of hydrogen-bond acceptors (Lipinski definition) is 3. The summed E-state index contributed by atoms with van der Waals surface area (Å²) in [7, 11) is 0. The van der Waals surface area contributed by atoms with E-state index in [2.05, 4.69) is 6.07 Å². The van der Waals surface area contributed by atoms with Crippen LogP contribution in [0.15, 0.2) is 6.07 Å². The van der Waals surface area contributed by atoms with Crippen molar-refractivity contribution in [1.82, 2.24) is 0 Å². The van der Waals surface area contributed by atoms with Crippen LogP contribution in [0.5, 0.6) is 0 Å². The van der Waals surface area contributed by atoms with E-state index in [1.165, 1.54) is 11.3 Å². The number of halogens is 1. The summed E-state index contributed by atoms with van der Waals surface area (Å²) in [6.45, 7) is 2.57. The third kappa shape index (κ3) is 1.93. The van der Waals surface area contributed by atoms with Gasteiger partial charge in [0.25, 0.3) is 0 Å². The van der Waals surface area contributed by atoms with Crippen LogP contribution in [0, 0.1) is 24.2 Å². The number of aryl methyl sites for hydroxylation is 1. The maximum absolute atomic E-state index is 11.8. The number of anilines is 1. The van der Waals surface area contributed by atoms with Crippen LogP contribution in [0.3, 0.4) is 0 Å². The number of carbonyl (C=O) groups excluding carboxylic acids is 1. The molecule has 1 atom stereocenters. The molecular weight excluding hydrogens is 244 g/mol. The summed E-state index contributed by atoms with van der Waals surface area (Å²) < 4.78 is 0. The molecule has 1 unspecified atom stereocenters. The van der Waals surface area contributed by atoms with Gasteiger partial charge in [0, 0.05) is 23.7 Å². The van der Waals surface area contributed by atoms with E-state index in [-0.39, 0.29) is 11.8 Å². The smallest absolute Gasteiger partial charge is 0.228 e. The van der Waals surface area contributed by atoms with Crippen LogP contribution >= 0.6 is 22.9 Å². The fourth-order valence-electron chi connectivity index (χ4n) is 1.86. The Labute approximate surface area is 103 Å². The van der Waals surface area contributed by atoms with Gasteiger partial charge < -0.3 is 4.90 Å². The van der Waals surface area contributed by atoms with Gasteiger partial charge >= 0.3 is 0 Å². The number of rotatable bonds is 2. The third-order valence-electron chi connectivity index (χ3n) is 2.62. The highest BCUT2D eigenvalue weighted by atomic mass is 35.5. The highest BCUT2D eigenvalue weighted by molar-refractivity contribution is 7.16. The number of nitrogens with zero attached hydrogens (tertiary/aromatic N) is 2. The Balaban J connectivity index is 2.31. The van der Waals surface area contributed by atoms with Crippen LogP contribution in [0.4, 0.5) is 5.00 Å². The minimum atomic E-state index is 0.0731. The normalized spacial score (nSPS) is 20.2. The van der Waals surface area contributed by atoms with Gasteiger partial charge in [-0.25, -0.2) is 0 Å². The Bertz CT molecular complexity index is 463. The molecule has 2 rings (SSSR count). The minimum absolute atomic E-state index is 0.0731. The molecule has 3 nitrogen and oxygen atoms in total. The van der Waals surface area contributed by atoms with Crippen molar-refractivity contribution in [3.8, 4) is 6.07 Å². The molecule has 1 aliphatic rings. The molecule has 0 N–H and O–H groups in total. The highest BCUT2D eigenvalue weighted by Crippen LogP contribution is 2.35. The van der Waals surface area contributed by atoms with E-state index in [9.17, 15) is 4.79 Å². The second kappa shape index (κ2) is 4.44. The molecule has 0 aliphatic carbocycles. The second-order valence-corrected chi connectivity index (χ2v) is 5.46. The van der Waals surface area contributed by atoms with Crippen LogP contribution in [0.25, 0.3) is 0 Å². The lowest BCUT2D eigenvalue weighted by Gasteiger charge is -2.14. The summed E-state index contributed by atoms with van der Waals surface area (Å²) in [6, 6.07) is 3.95. The van der Waals surface area contributed by atoms with Gasteiger partial charge in [0.15, 0.2) is 0 Å². The first-order chi connectivity index (χ1) is 7.65. The molecule has 0 saturated carbocycles. The van der Waals surface area contributed by atoms with Gasteiger partial charge in [0.2, 0.25) is 5.91 Å². The SMILES string of the molecule is Cc1cc(C#N)c(N2CC(CCl)CC2=O)s1. The summed E-state index contributed by atoms with van der Waals surface area (Å²) in [5.41, 5.74) is 0.589. The van der Waals surface area contributed by atoms with Crippen molar-refractivity contribution in [2.24, 2.45) is 5.92 Å². The van der Waals surface area contributed by atoms with Gasteiger partial charge in [-0.05, 0) is 18.9 Å². The Kier molecular flexibility index (Phi) is 3.17. The molecule has 1 saturated heterocycles. The molecule has 1 aromatic rings. The van der Waals surface area contributed by atoms with Crippen molar-refractivity contribution in [1.29, 1.82) is 5.26 Å². The van der Waals surface area contributed by atoms with E-state index in [4.69, 9.17) is 16.9 Å². The van der Waals surface area contributed by atoms with Crippen LogP contribution in [0.2, 0.25) is 0 Å². The van der Waals surface area contributed by atoms with Gasteiger partial charge in [0.1, 0.15) is 11.1 Å². The maximum Gasteiger partial charge on any atom is 0.228 e. The van der Waals surface area contributed by atoms with Gasteiger partial charge in [-0.2, -0.15) is 5.26 Å². The van der Waals surface area contributed by atoms with Crippen LogP contribution in [0.1, 0.15) is 16.9 Å². The second-order valence-electron chi connectivity index (χ2n) is 3.92. The number of hydrogen-bond donors (Lipinski definition) is 0. The van der Waals surface area contributed by atoms with E-state index in [1.807, 2.05) is 13.0 Å². The summed E-state index contributed by atoms with van der Waals surface area (Å²) >= 11 is 7.26. The molecule has 84 valence electrons. The quantitative estimate of drug-likeness (QED) is 0.762. The Morgan fingerprint density at radius 2 is 2.50 bits per heavy atom. The molecule has 1 aliphatic heterocycles. The zero-order valence-electron chi connectivity index (χ0n) is 8.86. The first kappa shape index (κ1) is 11.4. The fraction of sp³-hybridized carbons (Fsp3) is 0.455. The summed E-state index contributed by atoms with van der Waals surface area (Å²) in [6.07, 6.45) is 0.491. The van der Waals surface area contributed by atoms with Gasteiger partial charge in [-0.3, -0.25) is 4.79 Å². The Morgan fingerprint density at radius 1 is 1.75 bits per heavy atom. The molecular formula is C11H11ClN2OS. The van der Waals surface area contributed by atoms with Crippen molar-refractivity contribution in [2.45, 2.75) is 13.3 Å². The zero-order chi connectivity index (χ0) is 11.7. The Morgan fingerprint density at radius 3 is 3.06 bits per heavy atom. The van der Waals surface area contributed by atoms with Crippen molar-refractivity contribution in [3.05, 3.63) is 16.5 Å². The molecule has 1 amide bonds. The average Bonchev–Trinajstić information content (AvgIpc) is 2.81. The number of alkyl halides is 1. The molecule has 1 aromatic heterocycles. The number of amides is 1. The number of carbonyl (C=O) groups is 1. The zero-order valence-corrected chi connectivity index (χ0v) is 10.4. The minimum Gasteiger partial charge on any atom is -0.302 e. The van der Waals surface area contributed by atoms with Crippen molar-refractivity contribution in [3.63, 3.8) is 0 Å². The topological polar surface area (TPSA) is 44.1 Å². The molecule has 16 heavy (non-hydrogen) atoms. The number of nitriles is 1. The summed E-state index contributed by atoms with van der Waals surface area (Å²) in [5.74, 6) is 0.779. The number of thiophene rings is 1. The lowest BCUT2D eigenvalue weighted by atomic mass is 10.1. The molecule has 0 radical (unpaired) electrons. The van der Waals surface area contributed by atoms with Gasteiger partial charge in [0.05, 0.1) is 5.56 Å². The molecule has 0 spiro atoms. The van der Waals surface area contributed by atoms with Crippen LogP contribution in [-0.4, -0.2) is 18.3 Å². The first-order valence-electron chi connectivity index (χ1n) is 5.02. The van der Waals surface area contributed by atoms with Gasteiger partial charge in [-0.1, -0.05) is 0 Å². The van der Waals surface area contributed by atoms with E-state index in [0.29, 0.717) is 24.4 Å². The molecule has 5 heteroatoms. The van der Waals surface area contributed by atoms with Crippen LogP contribution in [-0.2, 0) is 4.79 Å². The predicted molar refractivity (Wildman–Crippen MR) is 65.0 cm³/mol. The maximum atomic E-state index is 11.8. The van der Waals surface area contributed by atoms with Gasteiger partial charge in [-0.15, -0.1) is 22.9 Å². The van der Waals surface area contributed by atoms with E-state index >= 15 is 0 Å².